The molecule has 1 N–H and O–H groups in total. The fraction of sp³-hybridized carbons (Fsp3) is 0.786. The van der Waals surface area contributed by atoms with Crippen molar-refractivity contribution in [3.63, 3.8) is 0 Å². The SMILES string of the molecule is CCC(C)n1ccc(CC(NC)C(C)(C)C)n1. The van der Waals surface area contributed by atoms with Gasteiger partial charge in [0.05, 0.1) is 5.69 Å². The van der Waals surface area contributed by atoms with E-state index in [1.54, 1.807) is 0 Å². The summed E-state index contributed by atoms with van der Waals surface area (Å²) >= 11 is 0. The van der Waals surface area contributed by atoms with Gasteiger partial charge in [-0.15, -0.1) is 0 Å². The maximum atomic E-state index is 4.66. The van der Waals surface area contributed by atoms with Crippen molar-refractivity contribution < 1.29 is 0 Å². The molecule has 0 aliphatic rings. The van der Waals surface area contributed by atoms with Crippen LogP contribution in [0.2, 0.25) is 0 Å². The second-order valence-electron chi connectivity index (χ2n) is 5.96. The second-order valence-corrected chi connectivity index (χ2v) is 5.96. The van der Waals surface area contributed by atoms with Crippen molar-refractivity contribution in [2.24, 2.45) is 5.41 Å². The zero-order valence-electron chi connectivity index (χ0n) is 12.1. The average molecular weight is 237 g/mol. The topological polar surface area (TPSA) is 29.9 Å². The zero-order valence-corrected chi connectivity index (χ0v) is 12.1. The Bertz CT molecular complexity index is 335. The summed E-state index contributed by atoms with van der Waals surface area (Å²) in [6.07, 6.45) is 4.21. The molecule has 3 heteroatoms. The van der Waals surface area contributed by atoms with E-state index in [4.69, 9.17) is 0 Å². The Morgan fingerprint density at radius 3 is 2.53 bits per heavy atom. The van der Waals surface area contributed by atoms with Gasteiger partial charge in [-0.05, 0) is 31.9 Å². The van der Waals surface area contributed by atoms with Gasteiger partial charge in [0, 0.05) is 24.7 Å². The lowest BCUT2D eigenvalue weighted by Crippen LogP contribution is -2.39. The Balaban J connectivity index is 2.71. The van der Waals surface area contributed by atoms with Crippen molar-refractivity contribution in [3.8, 4) is 0 Å². The Hall–Kier alpha value is -0.830. The highest BCUT2D eigenvalue weighted by molar-refractivity contribution is 5.03. The summed E-state index contributed by atoms with van der Waals surface area (Å²) in [7, 11) is 2.03. The van der Waals surface area contributed by atoms with Crippen LogP contribution < -0.4 is 5.32 Å². The summed E-state index contributed by atoms with van der Waals surface area (Å²) in [5.41, 5.74) is 1.44. The Morgan fingerprint density at radius 1 is 1.41 bits per heavy atom. The highest BCUT2D eigenvalue weighted by atomic mass is 15.3. The van der Waals surface area contributed by atoms with Crippen molar-refractivity contribution >= 4 is 0 Å². The Morgan fingerprint density at radius 2 is 2.06 bits per heavy atom. The molecule has 1 aromatic rings. The maximum absolute atomic E-state index is 4.66. The molecule has 3 nitrogen and oxygen atoms in total. The van der Waals surface area contributed by atoms with Gasteiger partial charge in [0.15, 0.2) is 0 Å². The van der Waals surface area contributed by atoms with Gasteiger partial charge in [0.1, 0.15) is 0 Å². The Kier molecular flexibility index (Phi) is 4.75. The summed E-state index contributed by atoms with van der Waals surface area (Å²) in [5, 5.41) is 8.05. The lowest BCUT2D eigenvalue weighted by atomic mass is 9.84. The first-order chi connectivity index (χ1) is 7.88. The van der Waals surface area contributed by atoms with E-state index in [1.165, 1.54) is 5.69 Å². The molecule has 2 unspecified atom stereocenters. The molecule has 0 fully saturated rings. The molecule has 2 atom stereocenters. The number of likely N-dealkylation sites (N-methyl/N-ethyl adjacent to an activating group) is 1. The van der Waals surface area contributed by atoms with E-state index in [9.17, 15) is 0 Å². The van der Waals surface area contributed by atoms with Crippen LogP contribution in [-0.4, -0.2) is 22.9 Å². The van der Waals surface area contributed by atoms with Crippen molar-refractivity contribution in [1.82, 2.24) is 15.1 Å². The molecule has 0 aromatic carbocycles. The fourth-order valence-corrected chi connectivity index (χ4v) is 1.97. The van der Waals surface area contributed by atoms with Crippen LogP contribution in [0.4, 0.5) is 0 Å². The molecule has 1 rings (SSSR count). The molecule has 0 spiro atoms. The molecule has 1 aromatic heterocycles. The van der Waals surface area contributed by atoms with E-state index in [0.29, 0.717) is 12.1 Å². The first-order valence-electron chi connectivity index (χ1n) is 6.59. The molecule has 98 valence electrons. The van der Waals surface area contributed by atoms with Gasteiger partial charge in [-0.2, -0.15) is 5.10 Å². The standard InChI is InChI=1S/C14H27N3/c1-7-11(2)17-9-8-12(16-17)10-13(15-6)14(3,4)5/h8-9,11,13,15H,7,10H2,1-6H3. The van der Waals surface area contributed by atoms with Gasteiger partial charge >= 0.3 is 0 Å². The number of aromatic nitrogens is 2. The molecule has 1 heterocycles. The Labute approximate surface area is 106 Å². The molecule has 0 aliphatic heterocycles. The minimum atomic E-state index is 0.259. The van der Waals surface area contributed by atoms with Gasteiger partial charge in [0.2, 0.25) is 0 Å². The van der Waals surface area contributed by atoms with E-state index < -0.39 is 0 Å². The van der Waals surface area contributed by atoms with Gasteiger partial charge in [0.25, 0.3) is 0 Å². The molecule has 0 saturated heterocycles. The molecule has 0 bridgehead atoms. The normalized spacial score (nSPS) is 15.9. The van der Waals surface area contributed by atoms with Crippen molar-refractivity contribution in [1.29, 1.82) is 0 Å². The molecule has 0 radical (unpaired) electrons. The van der Waals surface area contributed by atoms with E-state index in [-0.39, 0.29) is 5.41 Å². The molecular formula is C14H27N3. The maximum Gasteiger partial charge on any atom is 0.0640 e. The minimum Gasteiger partial charge on any atom is -0.316 e. The lowest BCUT2D eigenvalue weighted by molar-refractivity contribution is 0.277. The summed E-state index contributed by atoms with van der Waals surface area (Å²) < 4.78 is 2.07. The van der Waals surface area contributed by atoms with E-state index in [0.717, 1.165) is 12.8 Å². The smallest absolute Gasteiger partial charge is 0.0640 e. The fourth-order valence-electron chi connectivity index (χ4n) is 1.97. The third kappa shape index (κ3) is 3.84. The predicted molar refractivity (Wildman–Crippen MR) is 73.2 cm³/mol. The number of hydrogen-bond donors (Lipinski definition) is 1. The predicted octanol–water partition coefficient (Wildman–Crippen LogP) is 3.03. The molecule has 0 aliphatic carbocycles. The number of rotatable bonds is 5. The van der Waals surface area contributed by atoms with E-state index >= 15 is 0 Å². The van der Waals surface area contributed by atoms with Crippen LogP contribution in [0.15, 0.2) is 12.3 Å². The average Bonchev–Trinajstić information content (AvgIpc) is 2.71. The summed E-state index contributed by atoms with van der Waals surface area (Å²) in [6.45, 7) is 11.2. The number of nitrogens with zero attached hydrogens (tertiary/aromatic N) is 2. The summed E-state index contributed by atoms with van der Waals surface area (Å²) in [4.78, 5) is 0. The number of hydrogen-bond acceptors (Lipinski definition) is 2. The second kappa shape index (κ2) is 5.67. The van der Waals surface area contributed by atoms with Gasteiger partial charge in [-0.3, -0.25) is 4.68 Å². The van der Waals surface area contributed by atoms with Crippen molar-refractivity contribution in [2.75, 3.05) is 7.05 Å². The minimum absolute atomic E-state index is 0.259. The van der Waals surface area contributed by atoms with Crippen LogP contribution in [0.3, 0.4) is 0 Å². The van der Waals surface area contributed by atoms with Crippen LogP contribution in [-0.2, 0) is 6.42 Å². The van der Waals surface area contributed by atoms with E-state index in [1.807, 2.05) is 7.05 Å². The van der Waals surface area contributed by atoms with Crippen molar-refractivity contribution in [3.05, 3.63) is 18.0 Å². The quantitative estimate of drug-likeness (QED) is 0.853. The molecule has 0 saturated carbocycles. The van der Waals surface area contributed by atoms with E-state index in [2.05, 4.69) is 62.0 Å². The van der Waals surface area contributed by atoms with Gasteiger partial charge < -0.3 is 5.32 Å². The van der Waals surface area contributed by atoms with Crippen LogP contribution in [0.25, 0.3) is 0 Å². The summed E-state index contributed by atoms with van der Waals surface area (Å²) in [5.74, 6) is 0. The van der Waals surface area contributed by atoms with Gasteiger partial charge in [-0.1, -0.05) is 27.7 Å². The summed E-state index contributed by atoms with van der Waals surface area (Å²) in [6, 6.07) is 3.09. The van der Waals surface area contributed by atoms with Crippen molar-refractivity contribution in [2.45, 2.75) is 59.5 Å². The zero-order chi connectivity index (χ0) is 13.1. The van der Waals surface area contributed by atoms with Crippen LogP contribution >= 0.6 is 0 Å². The van der Waals surface area contributed by atoms with Gasteiger partial charge in [-0.25, -0.2) is 0 Å². The highest BCUT2D eigenvalue weighted by Crippen LogP contribution is 2.22. The molecule has 17 heavy (non-hydrogen) atoms. The van der Waals surface area contributed by atoms with Crippen LogP contribution in [0.5, 0.6) is 0 Å². The largest absolute Gasteiger partial charge is 0.316 e. The third-order valence-corrected chi connectivity index (χ3v) is 3.51. The van der Waals surface area contributed by atoms with Crippen LogP contribution in [0, 0.1) is 5.41 Å². The lowest BCUT2D eigenvalue weighted by Gasteiger charge is -2.29. The molecular weight excluding hydrogens is 210 g/mol. The highest BCUT2D eigenvalue weighted by Gasteiger charge is 2.23. The monoisotopic (exact) mass is 237 g/mol. The first-order valence-corrected chi connectivity index (χ1v) is 6.59. The third-order valence-electron chi connectivity index (χ3n) is 3.51. The first kappa shape index (κ1) is 14.2. The number of nitrogens with one attached hydrogen (secondary N) is 1. The van der Waals surface area contributed by atoms with Crippen LogP contribution in [0.1, 0.15) is 52.8 Å². The molecule has 0 amide bonds.